The summed E-state index contributed by atoms with van der Waals surface area (Å²) in [6, 6.07) is 0. The van der Waals surface area contributed by atoms with E-state index in [0.717, 1.165) is 0 Å². The zero-order valence-corrected chi connectivity index (χ0v) is 17.3. The summed E-state index contributed by atoms with van der Waals surface area (Å²) in [5, 5.41) is 0. The average molecular weight is 549 g/mol. The van der Waals surface area contributed by atoms with Crippen molar-refractivity contribution in [2.45, 2.75) is 0 Å². The van der Waals surface area contributed by atoms with Gasteiger partial charge in [0.05, 0.1) is 0 Å². The van der Waals surface area contributed by atoms with E-state index in [-0.39, 0.29) is 0 Å². The molecule has 2 aliphatic rings. The first-order valence-corrected chi connectivity index (χ1v) is 33.8. The van der Waals surface area contributed by atoms with Crippen LogP contribution in [0.5, 0.6) is 0 Å². The quantitative estimate of drug-likeness (QED) is 0.422. The molecule has 2 fully saturated rings. The maximum atomic E-state index is 2.53. The molecule has 0 nitrogen and oxygen atoms in total. The van der Waals surface area contributed by atoms with Gasteiger partial charge in [0.15, 0.2) is 0 Å². The van der Waals surface area contributed by atoms with E-state index < -0.39 is 21.8 Å². The summed E-state index contributed by atoms with van der Waals surface area (Å²) in [5.41, 5.74) is 0. The summed E-state index contributed by atoms with van der Waals surface area (Å²) >= 11 is 0.620. The van der Waals surface area contributed by atoms with E-state index >= 15 is 0 Å². The maximum absolute atomic E-state index is 2.53. The Bertz CT molecular complexity index is 89.1. The van der Waals surface area contributed by atoms with Gasteiger partial charge in [-0.1, -0.05) is 0 Å². The van der Waals surface area contributed by atoms with Crippen LogP contribution in [-0.4, -0.2) is 59.5 Å². The van der Waals surface area contributed by atoms with Gasteiger partial charge in [0.1, 0.15) is 0 Å². The van der Waals surface area contributed by atoms with Crippen LogP contribution in [0.2, 0.25) is 0 Å². The van der Waals surface area contributed by atoms with Crippen LogP contribution in [0.4, 0.5) is 0 Å². The van der Waals surface area contributed by atoms with E-state index in [0.29, 0.717) is 37.6 Å². The molecule has 0 aromatic heterocycles. The average Bonchev–Trinajstić information content (AvgIpc) is 1.88. The second kappa shape index (κ2) is 5.38. The van der Waals surface area contributed by atoms with Crippen LogP contribution in [0.1, 0.15) is 0 Å². The van der Waals surface area contributed by atoms with E-state index in [1.165, 1.54) is 0 Å². The molecule has 9 heavy (non-hydrogen) atoms. The summed E-state index contributed by atoms with van der Waals surface area (Å²) in [5.74, 6) is 0. The Hall–Kier alpha value is 4.47. The van der Waals surface area contributed by atoms with Gasteiger partial charge in [0.2, 0.25) is 0 Å². The minimum atomic E-state index is -0.406. The van der Waals surface area contributed by atoms with Crippen molar-refractivity contribution in [2.75, 3.05) is 0 Å². The van der Waals surface area contributed by atoms with Gasteiger partial charge in [-0.15, -0.1) is 0 Å². The summed E-state index contributed by atoms with van der Waals surface area (Å²) in [7, 11) is 11.7. The fourth-order valence-corrected chi connectivity index (χ4v) is 417. The van der Waals surface area contributed by atoms with Gasteiger partial charge in [-0.3, -0.25) is 0 Å². The van der Waals surface area contributed by atoms with E-state index in [1.54, 1.807) is 0 Å². The molecule has 0 aliphatic carbocycles. The van der Waals surface area contributed by atoms with Crippen molar-refractivity contribution in [2.24, 2.45) is 0 Å². The van der Waals surface area contributed by atoms with Crippen molar-refractivity contribution in [3.63, 3.8) is 0 Å². The Morgan fingerprint density at radius 1 is 0.778 bits per heavy atom. The Labute approximate surface area is 93.7 Å². The van der Waals surface area contributed by atoms with Crippen LogP contribution in [0.3, 0.4) is 0 Å². The van der Waals surface area contributed by atoms with Gasteiger partial charge in [-0.25, -0.2) is 0 Å². The van der Waals surface area contributed by atoms with Crippen molar-refractivity contribution in [3.8, 4) is 0 Å². The monoisotopic (exact) mass is 550 g/mol. The third-order valence-electron chi connectivity index (χ3n) is 0.614. The molecule has 2 saturated heterocycles. The molecule has 2 rings (SSSR count). The molecule has 0 spiro atoms. The van der Waals surface area contributed by atoms with Gasteiger partial charge in [0.25, 0.3) is 0 Å². The van der Waals surface area contributed by atoms with Crippen LogP contribution >= 0.6 is 37.1 Å². The van der Waals surface area contributed by atoms with Gasteiger partial charge < -0.3 is 0 Å². The predicted molar refractivity (Wildman–Crippen MR) is 61.0 cm³/mol. The van der Waals surface area contributed by atoms with E-state index in [9.17, 15) is 0 Å². The second-order valence-corrected chi connectivity index (χ2v) is 78.8. The topological polar surface area (TPSA) is 0 Å². The summed E-state index contributed by atoms with van der Waals surface area (Å²) < 4.78 is 0. The van der Waals surface area contributed by atoms with Crippen LogP contribution in [0.15, 0.2) is 0 Å². The number of hydrogen-bond acceptors (Lipinski definition) is 5. The van der Waals surface area contributed by atoms with Crippen molar-refractivity contribution in [1.29, 1.82) is 0 Å². The van der Waals surface area contributed by atoms with Gasteiger partial charge in [-0.2, -0.15) is 0 Å². The molecule has 4 radical (unpaired) electrons. The predicted octanol–water partition coefficient (Wildman–Crippen LogP) is 1.72. The molecule has 48 valence electrons. The molecule has 0 amide bonds. The Morgan fingerprint density at radius 3 is 1.56 bits per heavy atom. The molecule has 2 bridgehead atoms. The number of hydrogen-bond donors (Lipinski definition) is 0. The van der Waals surface area contributed by atoms with Crippen molar-refractivity contribution >= 4 is 96.6 Å². The molecule has 0 atom stereocenters. The molecular formula is Ge2S5Sb2. The molecule has 0 aromatic rings. The molecule has 0 aromatic carbocycles. The normalized spacial score (nSPS) is 30.7. The molecule has 0 N–H and O–H groups in total. The van der Waals surface area contributed by atoms with Gasteiger partial charge in [-0.05, 0) is 0 Å². The number of fused-ring (bicyclic) bond motifs is 2. The Morgan fingerprint density at radius 2 is 1.22 bits per heavy atom. The standard InChI is InChI=1S/Ge2S5.2Sb/c3-1(4)7-2(5)6;;/q-4;2*+2. The van der Waals surface area contributed by atoms with E-state index in [1.807, 2.05) is 0 Å². The minimum absolute atomic E-state index is 0.310. The SMILES string of the molecule is [S]1[Sb][S][Ge]2[S][Sb][S][Ge]1[S]2. The molecule has 2 heterocycles. The summed E-state index contributed by atoms with van der Waals surface area (Å²) in [6.07, 6.45) is 0. The van der Waals surface area contributed by atoms with Gasteiger partial charge >= 0.3 is 96.6 Å². The van der Waals surface area contributed by atoms with Gasteiger partial charge in [0, 0.05) is 0 Å². The third-order valence-corrected chi connectivity index (χ3v) is 181. The first-order chi connectivity index (χ1) is 4.45. The van der Waals surface area contributed by atoms with E-state index in [2.05, 4.69) is 37.1 Å². The molecule has 2 aliphatic heterocycles. The first kappa shape index (κ1) is 10.0. The fraction of sp³-hybridized carbons (Fsp3) is 0. The second-order valence-electron chi connectivity index (χ2n) is 1.12. The summed E-state index contributed by atoms with van der Waals surface area (Å²) in [6.45, 7) is 0. The number of rotatable bonds is 0. The van der Waals surface area contributed by atoms with Crippen LogP contribution in [-0.2, 0) is 0 Å². The Kier molecular flexibility index (Phi) is 5.98. The van der Waals surface area contributed by atoms with Crippen molar-refractivity contribution < 1.29 is 0 Å². The molecule has 0 saturated carbocycles. The summed E-state index contributed by atoms with van der Waals surface area (Å²) in [4.78, 5) is 0. The van der Waals surface area contributed by atoms with Crippen LogP contribution in [0, 0.1) is 0 Å². The Balaban J connectivity index is 1.96. The van der Waals surface area contributed by atoms with Crippen LogP contribution in [0.25, 0.3) is 0 Å². The zero-order chi connectivity index (χ0) is 6.10. The van der Waals surface area contributed by atoms with E-state index in [4.69, 9.17) is 0 Å². The van der Waals surface area contributed by atoms with Crippen molar-refractivity contribution in [3.05, 3.63) is 0 Å². The fourth-order valence-electron chi connectivity index (χ4n) is 0.335. The van der Waals surface area contributed by atoms with Crippen molar-refractivity contribution in [1.82, 2.24) is 0 Å². The first-order valence-electron chi connectivity index (χ1n) is 1.96. The van der Waals surface area contributed by atoms with Crippen LogP contribution < -0.4 is 0 Å². The molecular weight excluding hydrogens is 549 g/mol. The third kappa shape index (κ3) is 3.26. The molecule has 0 unspecified atom stereocenters. The molecule has 9 heteroatoms. The zero-order valence-electron chi connectivity index (χ0n) is 3.94.